The van der Waals surface area contributed by atoms with Gasteiger partial charge in [-0.3, -0.25) is 0 Å². The lowest BCUT2D eigenvalue weighted by atomic mass is 10.0. The van der Waals surface area contributed by atoms with Gasteiger partial charge in [-0.25, -0.2) is 8.42 Å². The average molecular weight is 342 g/mol. The van der Waals surface area contributed by atoms with Crippen LogP contribution in [0.4, 0.5) is 13.2 Å². The van der Waals surface area contributed by atoms with Crippen LogP contribution in [0.25, 0.3) is 0 Å². The Labute approximate surface area is 126 Å². The quantitative estimate of drug-likeness (QED) is 0.791. The van der Waals surface area contributed by atoms with Crippen molar-refractivity contribution < 1.29 is 21.6 Å². The standard InChI is InChI=1S/C13H15ClF3NO2S/c14-8-10-3-2-6-18(9-10)21(19,20)12-5-1-4-11(7-12)13(15,16)17/h1,4-5,7,10H,2-3,6,8-9H2. The molecule has 1 heterocycles. The van der Waals surface area contributed by atoms with E-state index in [-0.39, 0.29) is 17.4 Å². The maximum atomic E-state index is 12.7. The fraction of sp³-hybridized carbons (Fsp3) is 0.538. The van der Waals surface area contributed by atoms with Crippen LogP contribution in [0, 0.1) is 5.92 Å². The van der Waals surface area contributed by atoms with Gasteiger partial charge in [0, 0.05) is 19.0 Å². The van der Waals surface area contributed by atoms with Crippen molar-refractivity contribution in [2.45, 2.75) is 23.9 Å². The van der Waals surface area contributed by atoms with Gasteiger partial charge >= 0.3 is 6.18 Å². The molecule has 1 aliphatic heterocycles. The summed E-state index contributed by atoms with van der Waals surface area (Å²) in [5.41, 5.74) is -0.963. The molecule has 0 bridgehead atoms. The second-order valence-electron chi connectivity index (χ2n) is 5.05. The van der Waals surface area contributed by atoms with E-state index in [0.29, 0.717) is 24.9 Å². The molecule has 1 unspecified atom stereocenters. The molecule has 0 saturated carbocycles. The van der Waals surface area contributed by atoms with Crippen molar-refractivity contribution in [3.8, 4) is 0 Å². The first-order chi connectivity index (χ1) is 9.75. The minimum atomic E-state index is -4.56. The molecule has 0 radical (unpaired) electrons. The molecule has 0 N–H and O–H groups in total. The first kappa shape index (κ1) is 16.6. The average Bonchev–Trinajstić information content (AvgIpc) is 2.46. The Hall–Kier alpha value is -0.790. The van der Waals surface area contributed by atoms with Gasteiger partial charge in [0.1, 0.15) is 0 Å². The Kier molecular flexibility index (Phi) is 4.85. The van der Waals surface area contributed by atoms with Crippen LogP contribution in [-0.4, -0.2) is 31.7 Å². The van der Waals surface area contributed by atoms with Gasteiger partial charge in [-0.15, -0.1) is 11.6 Å². The lowest BCUT2D eigenvalue weighted by molar-refractivity contribution is -0.137. The molecule has 1 saturated heterocycles. The maximum Gasteiger partial charge on any atom is 0.416 e. The molecule has 0 amide bonds. The summed E-state index contributed by atoms with van der Waals surface area (Å²) in [4.78, 5) is -0.326. The molecule has 8 heteroatoms. The number of nitrogens with zero attached hydrogens (tertiary/aromatic N) is 1. The molecule has 21 heavy (non-hydrogen) atoms. The number of hydrogen-bond acceptors (Lipinski definition) is 2. The number of sulfonamides is 1. The van der Waals surface area contributed by atoms with Crippen molar-refractivity contribution >= 4 is 21.6 Å². The Bertz CT molecular complexity index is 604. The minimum absolute atomic E-state index is 0.0426. The van der Waals surface area contributed by atoms with E-state index in [0.717, 1.165) is 18.6 Å². The number of alkyl halides is 4. The summed E-state index contributed by atoms with van der Waals surface area (Å²) in [6.07, 6.45) is -3.07. The molecule has 0 spiro atoms. The third-order valence-electron chi connectivity index (χ3n) is 3.50. The maximum absolute atomic E-state index is 12.7. The lowest BCUT2D eigenvalue weighted by Crippen LogP contribution is -2.40. The fourth-order valence-electron chi connectivity index (χ4n) is 2.35. The zero-order valence-corrected chi connectivity index (χ0v) is 12.7. The summed E-state index contributed by atoms with van der Waals surface area (Å²) in [6.45, 7) is 0.564. The van der Waals surface area contributed by atoms with Gasteiger partial charge in [-0.1, -0.05) is 6.07 Å². The highest BCUT2D eigenvalue weighted by atomic mass is 35.5. The van der Waals surface area contributed by atoms with Gasteiger partial charge in [0.05, 0.1) is 10.5 Å². The Morgan fingerprint density at radius 2 is 2.05 bits per heavy atom. The van der Waals surface area contributed by atoms with E-state index in [1.165, 1.54) is 10.4 Å². The normalized spacial score (nSPS) is 21.4. The van der Waals surface area contributed by atoms with Gasteiger partial charge in [0.15, 0.2) is 0 Å². The lowest BCUT2D eigenvalue weighted by Gasteiger charge is -2.31. The van der Waals surface area contributed by atoms with Gasteiger partial charge in [-0.2, -0.15) is 17.5 Å². The third kappa shape index (κ3) is 3.70. The van der Waals surface area contributed by atoms with Crippen LogP contribution in [0.1, 0.15) is 18.4 Å². The number of hydrogen-bond donors (Lipinski definition) is 0. The number of rotatable bonds is 3. The van der Waals surface area contributed by atoms with E-state index in [2.05, 4.69) is 0 Å². The van der Waals surface area contributed by atoms with Crippen LogP contribution in [0.3, 0.4) is 0 Å². The molecule has 3 nitrogen and oxygen atoms in total. The molecule has 1 fully saturated rings. The SMILES string of the molecule is O=S(=O)(c1cccc(C(F)(F)F)c1)N1CCCC(CCl)C1. The smallest absolute Gasteiger partial charge is 0.207 e. The molecule has 2 rings (SSSR count). The third-order valence-corrected chi connectivity index (χ3v) is 5.80. The van der Waals surface area contributed by atoms with E-state index < -0.39 is 21.8 Å². The van der Waals surface area contributed by atoms with E-state index in [9.17, 15) is 21.6 Å². The van der Waals surface area contributed by atoms with Gasteiger partial charge in [-0.05, 0) is 37.0 Å². The molecule has 1 atom stereocenters. The largest absolute Gasteiger partial charge is 0.416 e. The van der Waals surface area contributed by atoms with Crippen LogP contribution in [0.15, 0.2) is 29.2 Å². The summed E-state index contributed by atoms with van der Waals surface area (Å²) in [6, 6.07) is 3.84. The van der Waals surface area contributed by atoms with Crippen molar-refractivity contribution in [1.29, 1.82) is 0 Å². The molecular weight excluding hydrogens is 327 g/mol. The van der Waals surface area contributed by atoms with E-state index in [1.807, 2.05) is 0 Å². The predicted octanol–water partition coefficient (Wildman–Crippen LogP) is 3.34. The highest BCUT2D eigenvalue weighted by Crippen LogP contribution is 2.32. The van der Waals surface area contributed by atoms with E-state index in [4.69, 9.17) is 11.6 Å². The summed E-state index contributed by atoms with van der Waals surface area (Å²) >= 11 is 5.76. The highest BCUT2D eigenvalue weighted by molar-refractivity contribution is 7.89. The van der Waals surface area contributed by atoms with Crippen LogP contribution < -0.4 is 0 Å². The molecule has 1 aromatic rings. The number of halogens is 4. The number of piperidine rings is 1. The van der Waals surface area contributed by atoms with Crippen molar-refractivity contribution in [3.63, 3.8) is 0 Å². The van der Waals surface area contributed by atoms with Crippen molar-refractivity contribution in [2.24, 2.45) is 5.92 Å². The molecule has 1 aliphatic rings. The predicted molar refractivity (Wildman–Crippen MR) is 73.6 cm³/mol. The Balaban J connectivity index is 2.31. The molecule has 118 valence electrons. The van der Waals surface area contributed by atoms with E-state index in [1.54, 1.807) is 0 Å². The highest BCUT2D eigenvalue weighted by Gasteiger charge is 2.34. The fourth-order valence-corrected chi connectivity index (χ4v) is 4.21. The second kappa shape index (κ2) is 6.14. The van der Waals surface area contributed by atoms with Crippen LogP contribution in [-0.2, 0) is 16.2 Å². The Morgan fingerprint density at radius 3 is 2.67 bits per heavy atom. The summed E-state index contributed by atoms with van der Waals surface area (Å²) in [5, 5.41) is 0. The Morgan fingerprint density at radius 1 is 1.33 bits per heavy atom. The van der Waals surface area contributed by atoms with Crippen LogP contribution in [0.2, 0.25) is 0 Å². The van der Waals surface area contributed by atoms with Crippen LogP contribution in [0.5, 0.6) is 0 Å². The second-order valence-corrected chi connectivity index (χ2v) is 7.30. The van der Waals surface area contributed by atoms with Crippen molar-refractivity contribution in [1.82, 2.24) is 4.31 Å². The summed E-state index contributed by atoms with van der Waals surface area (Å²) in [5.74, 6) is 0.384. The van der Waals surface area contributed by atoms with Crippen LogP contribution >= 0.6 is 11.6 Å². The van der Waals surface area contributed by atoms with E-state index >= 15 is 0 Å². The first-order valence-electron chi connectivity index (χ1n) is 6.48. The summed E-state index contributed by atoms with van der Waals surface area (Å²) in [7, 11) is -3.91. The minimum Gasteiger partial charge on any atom is -0.207 e. The number of benzene rings is 1. The zero-order valence-electron chi connectivity index (χ0n) is 11.1. The first-order valence-corrected chi connectivity index (χ1v) is 8.46. The monoisotopic (exact) mass is 341 g/mol. The van der Waals surface area contributed by atoms with Gasteiger partial charge < -0.3 is 0 Å². The van der Waals surface area contributed by atoms with Crippen molar-refractivity contribution in [2.75, 3.05) is 19.0 Å². The zero-order chi connectivity index (χ0) is 15.7. The van der Waals surface area contributed by atoms with Crippen molar-refractivity contribution in [3.05, 3.63) is 29.8 Å². The molecule has 1 aromatic carbocycles. The molecular formula is C13H15ClF3NO2S. The topological polar surface area (TPSA) is 37.4 Å². The van der Waals surface area contributed by atoms with Gasteiger partial charge in [0.2, 0.25) is 10.0 Å². The molecule has 0 aliphatic carbocycles. The molecule has 0 aromatic heterocycles. The summed E-state index contributed by atoms with van der Waals surface area (Å²) < 4.78 is 64.2. The van der Waals surface area contributed by atoms with Gasteiger partial charge in [0.25, 0.3) is 0 Å².